The Morgan fingerprint density at radius 2 is 2.11 bits per heavy atom. The quantitative estimate of drug-likeness (QED) is 0.697. The Labute approximate surface area is 108 Å². The van der Waals surface area contributed by atoms with E-state index in [0.29, 0.717) is 25.1 Å². The SMILES string of the molecule is CC(C)(CCO)CNCC(O)c1cccc(F)c1. The average molecular weight is 255 g/mol. The van der Waals surface area contributed by atoms with Gasteiger partial charge in [0.1, 0.15) is 5.82 Å². The van der Waals surface area contributed by atoms with E-state index in [0.717, 1.165) is 0 Å². The van der Waals surface area contributed by atoms with Gasteiger partial charge in [-0.25, -0.2) is 4.39 Å². The monoisotopic (exact) mass is 255 g/mol. The fraction of sp³-hybridized carbons (Fsp3) is 0.571. The maximum Gasteiger partial charge on any atom is 0.123 e. The molecule has 0 spiro atoms. The molecule has 102 valence electrons. The van der Waals surface area contributed by atoms with E-state index >= 15 is 0 Å². The first-order chi connectivity index (χ1) is 8.44. The van der Waals surface area contributed by atoms with Gasteiger partial charge in [-0.3, -0.25) is 0 Å². The molecule has 0 radical (unpaired) electrons. The van der Waals surface area contributed by atoms with Crippen LogP contribution in [0.2, 0.25) is 0 Å². The zero-order chi connectivity index (χ0) is 13.6. The van der Waals surface area contributed by atoms with Crippen molar-refractivity contribution < 1.29 is 14.6 Å². The molecule has 3 nitrogen and oxygen atoms in total. The number of aliphatic hydroxyl groups excluding tert-OH is 2. The number of rotatable bonds is 7. The van der Waals surface area contributed by atoms with E-state index in [2.05, 4.69) is 5.32 Å². The van der Waals surface area contributed by atoms with Crippen molar-refractivity contribution in [2.45, 2.75) is 26.4 Å². The summed E-state index contributed by atoms with van der Waals surface area (Å²) in [5.41, 5.74) is 0.554. The molecule has 0 saturated carbocycles. The summed E-state index contributed by atoms with van der Waals surface area (Å²) in [5.74, 6) is -0.341. The van der Waals surface area contributed by atoms with Crippen molar-refractivity contribution in [3.8, 4) is 0 Å². The molecular weight excluding hydrogens is 233 g/mol. The number of nitrogens with one attached hydrogen (secondary N) is 1. The summed E-state index contributed by atoms with van der Waals surface area (Å²) in [6.07, 6.45) is -0.0126. The minimum atomic E-state index is -0.717. The summed E-state index contributed by atoms with van der Waals surface area (Å²) in [6, 6.07) is 5.98. The molecule has 3 N–H and O–H groups in total. The third-order valence-electron chi connectivity index (χ3n) is 2.96. The average Bonchev–Trinajstić information content (AvgIpc) is 2.28. The second-order valence-electron chi connectivity index (χ2n) is 5.34. The van der Waals surface area contributed by atoms with Gasteiger partial charge >= 0.3 is 0 Å². The predicted molar refractivity (Wildman–Crippen MR) is 69.7 cm³/mol. The minimum Gasteiger partial charge on any atom is -0.396 e. The van der Waals surface area contributed by atoms with Crippen molar-refractivity contribution in [2.75, 3.05) is 19.7 Å². The maximum atomic E-state index is 13.0. The van der Waals surface area contributed by atoms with Gasteiger partial charge in [-0.15, -0.1) is 0 Å². The summed E-state index contributed by atoms with van der Waals surface area (Å²) in [4.78, 5) is 0. The van der Waals surface area contributed by atoms with Gasteiger partial charge in [0.25, 0.3) is 0 Å². The molecule has 0 fully saturated rings. The molecule has 0 aromatic heterocycles. The number of hydrogen-bond acceptors (Lipinski definition) is 3. The molecule has 1 unspecified atom stereocenters. The van der Waals surface area contributed by atoms with Crippen LogP contribution in [-0.4, -0.2) is 29.9 Å². The van der Waals surface area contributed by atoms with E-state index in [1.807, 2.05) is 13.8 Å². The van der Waals surface area contributed by atoms with E-state index in [9.17, 15) is 9.50 Å². The molecule has 18 heavy (non-hydrogen) atoms. The fourth-order valence-electron chi connectivity index (χ4n) is 1.77. The van der Waals surface area contributed by atoms with Crippen LogP contribution in [0.25, 0.3) is 0 Å². The van der Waals surface area contributed by atoms with Crippen molar-refractivity contribution in [3.63, 3.8) is 0 Å². The topological polar surface area (TPSA) is 52.5 Å². The Morgan fingerprint density at radius 1 is 1.39 bits per heavy atom. The zero-order valence-corrected chi connectivity index (χ0v) is 11.0. The summed E-state index contributed by atoms with van der Waals surface area (Å²) in [7, 11) is 0. The number of benzene rings is 1. The van der Waals surface area contributed by atoms with Crippen LogP contribution in [0.5, 0.6) is 0 Å². The predicted octanol–water partition coefficient (Wildman–Crippen LogP) is 1.86. The van der Waals surface area contributed by atoms with E-state index in [4.69, 9.17) is 5.11 Å². The smallest absolute Gasteiger partial charge is 0.123 e. The first-order valence-electron chi connectivity index (χ1n) is 6.20. The van der Waals surface area contributed by atoms with Crippen molar-refractivity contribution in [3.05, 3.63) is 35.6 Å². The lowest BCUT2D eigenvalue weighted by Crippen LogP contribution is -2.33. The number of halogens is 1. The Bertz CT molecular complexity index is 369. The number of aliphatic hydroxyl groups is 2. The Hall–Kier alpha value is -0.970. The fourth-order valence-corrected chi connectivity index (χ4v) is 1.77. The molecule has 0 bridgehead atoms. The Morgan fingerprint density at radius 3 is 2.72 bits per heavy atom. The number of hydrogen-bond donors (Lipinski definition) is 3. The largest absolute Gasteiger partial charge is 0.396 e. The summed E-state index contributed by atoms with van der Waals surface area (Å²) < 4.78 is 13.0. The van der Waals surface area contributed by atoms with Gasteiger partial charge in [-0.2, -0.15) is 0 Å². The van der Waals surface area contributed by atoms with Crippen LogP contribution in [0.1, 0.15) is 31.9 Å². The van der Waals surface area contributed by atoms with E-state index < -0.39 is 6.10 Å². The van der Waals surface area contributed by atoms with Crippen molar-refractivity contribution in [1.29, 1.82) is 0 Å². The molecule has 1 aromatic rings. The third kappa shape index (κ3) is 5.12. The van der Waals surface area contributed by atoms with Crippen LogP contribution in [0, 0.1) is 11.2 Å². The van der Waals surface area contributed by atoms with Crippen LogP contribution < -0.4 is 5.32 Å². The molecule has 0 aliphatic carbocycles. The summed E-state index contributed by atoms with van der Waals surface area (Å²) in [6.45, 7) is 5.31. The lowest BCUT2D eigenvalue weighted by molar-refractivity contribution is 0.160. The first kappa shape index (κ1) is 15.1. The molecule has 0 aliphatic rings. The van der Waals surface area contributed by atoms with Gasteiger partial charge in [-0.05, 0) is 29.5 Å². The molecular formula is C14H22FNO2. The Kier molecular flexibility index (Phi) is 5.72. The minimum absolute atomic E-state index is 0.0175. The van der Waals surface area contributed by atoms with Crippen LogP contribution in [0.15, 0.2) is 24.3 Å². The maximum absolute atomic E-state index is 13.0. The second kappa shape index (κ2) is 6.83. The highest BCUT2D eigenvalue weighted by Gasteiger charge is 2.17. The first-order valence-corrected chi connectivity index (χ1v) is 6.20. The molecule has 1 rings (SSSR count). The van der Waals surface area contributed by atoms with Crippen LogP contribution in [0.4, 0.5) is 4.39 Å². The van der Waals surface area contributed by atoms with E-state index in [1.165, 1.54) is 12.1 Å². The van der Waals surface area contributed by atoms with Gasteiger partial charge in [0, 0.05) is 19.7 Å². The summed E-state index contributed by atoms with van der Waals surface area (Å²) >= 11 is 0. The summed E-state index contributed by atoms with van der Waals surface area (Å²) in [5, 5.41) is 21.9. The highest BCUT2D eigenvalue weighted by atomic mass is 19.1. The lowest BCUT2D eigenvalue weighted by Gasteiger charge is -2.24. The van der Waals surface area contributed by atoms with Crippen molar-refractivity contribution in [2.24, 2.45) is 5.41 Å². The molecule has 0 heterocycles. The standard InChI is InChI=1S/C14H22FNO2/c1-14(2,6-7-17)10-16-9-13(18)11-4-3-5-12(15)8-11/h3-5,8,13,16-18H,6-7,9-10H2,1-2H3. The van der Waals surface area contributed by atoms with Crippen molar-refractivity contribution >= 4 is 0 Å². The van der Waals surface area contributed by atoms with Gasteiger partial charge in [0.2, 0.25) is 0 Å². The van der Waals surface area contributed by atoms with Gasteiger partial charge in [0.05, 0.1) is 6.10 Å². The Balaban J connectivity index is 2.40. The van der Waals surface area contributed by atoms with Crippen molar-refractivity contribution in [1.82, 2.24) is 5.32 Å². The van der Waals surface area contributed by atoms with E-state index in [-0.39, 0.29) is 17.8 Å². The highest BCUT2D eigenvalue weighted by Crippen LogP contribution is 2.19. The van der Waals surface area contributed by atoms with E-state index in [1.54, 1.807) is 12.1 Å². The van der Waals surface area contributed by atoms with Gasteiger partial charge in [0.15, 0.2) is 0 Å². The molecule has 0 saturated heterocycles. The van der Waals surface area contributed by atoms with Crippen LogP contribution in [-0.2, 0) is 0 Å². The van der Waals surface area contributed by atoms with Crippen LogP contribution >= 0.6 is 0 Å². The molecule has 4 heteroatoms. The molecule has 1 atom stereocenters. The molecule has 0 amide bonds. The zero-order valence-electron chi connectivity index (χ0n) is 11.0. The lowest BCUT2D eigenvalue weighted by atomic mass is 9.89. The normalized spacial score (nSPS) is 13.6. The van der Waals surface area contributed by atoms with Crippen LogP contribution in [0.3, 0.4) is 0 Å². The highest BCUT2D eigenvalue weighted by molar-refractivity contribution is 5.18. The second-order valence-corrected chi connectivity index (χ2v) is 5.34. The third-order valence-corrected chi connectivity index (χ3v) is 2.96. The van der Waals surface area contributed by atoms with Gasteiger partial charge in [-0.1, -0.05) is 26.0 Å². The molecule has 0 aliphatic heterocycles. The van der Waals surface area contributed by atoms with Gasteiger partial charge < -0.3 is 15.5 Å². The molecule has 1 aromatic carbocycles.